The topological polar surface area (TPSA) is 171 Å². The first-order valence-electron chi connectivity index (χ1n) is 10.4. The summed E-state index contributed by atoms with van der Waals surface area (Å²) in [7, 11) is 0. The standard InChI is InChI=1S/C21H32N4O6S2/c1-3-11(2)17(22)20(29)24-15(9-32)19(28)23-14(8-12-4-6-13(26)7-5-12)18(27)25-16(10-33)21(30)31/h4-7,11,14-17,26,32-33H,3,8-10,22H2,1-2H3,(H,23,28)(H,24,29)(H,25,27)(H,30,31). The molecule has 3 amide bonds. The predicted octanol–water partition coefficient (Wildman–Crippen LogP) is -0.293. The van der Waals surface area contributed by atoms with E-state index in [2.05, 4.69) is 41.2 Å². The molecule has 0 spiro atoms. The number of aromatic hydroxyl groups is 1. The molecule has 10 nitrogen and oxygen atoms in total. The number of nitrogens with one attached hydrogen (secondary N) is 3. The summed E-state index contributed by atoms with van der Waals surface area (Å²) in [5, 5.41) is 26.1. The third kappa shape index (κ3) is 9.14. The maximum Gasteiger partial charge on any atom is 0.327 e. The van der Waals surface area contributed by atoms with Gasteiger partial charge in [0.1, 0.15) is 23.9 Å². The molecule has 0 bridgehead atoms. The number of rotatable bonds is 13. The minimum Gasteiger partial charge on any atom is -0.508 e. The van der Waals surface area contributed by atoms with E-state index < -0.39 is 47.9 Å². The maximum absolute atomic E-state index is 12.9. The highest BCUT2D eigenvalue weighted by molar-refractivity contribution is 7.80. The maximum atomic E-state index is 12.9. The van der Waals surface area contributed by atoms with Gasteiger partial charge in [-0.2, -0.15) is 25.3 Å². The van der Waals surface area contributed by atoms with Gasteiger partial charge in [0.2, 0.25) is 17.7 Å². The van der Waals surface area contributed by atoms with E-state index in [9.17, 15) is 29.4 Å². The molecule has 1 aromatic carbocycles. The summed E-state index contributed by atoms with van der Waals surface area (Å²) in [6, 6.07) is 1.69. The minimum atomic E-state index is -1.27. The molecule has 33 heavy (non-hydrogen) atoms. The van der Waals surface area contributed by atoms with Crippen molar-refractivity contribution in [2.75, 3.05) is 11.5 Å². The van der Waals surface area contributed by atoms with Crippen molar-refractivity contribution < 1.29 is 29.4 Å². The van der Waals surface area contributed by atoms with Crippen LogP contribution in [0.25, 0.3) is 0 Å². The number of amides is 3. The highest BCUT2D eigenvalue weighted by Gasteiger charge is 2.30. The fourth-order valence-corrected chi connectivity index (χ4v) is 3.29. The Bertz CT molecular complexity index is 823. The van der Waals surface area contributed by atoms with Gasteiger partial charge >= 0.3 is 5.97 Å². The highest BCUT2D eigenvalue weighted by atomic mass is 32.1. The number of carboxylic acids is 1. The largest absolute Gasteiger partial charge is 0.508 e. The lowest BCUT2D eigenvalue weighted by molar-refractivity contribution is -0.141. The Morgan fingerprint density at radius 1 is 0.909 bits per heavy atom. The van der Waals surface area contributed by atoms with Crippen molar-refractivity contribution in [2.45, 2.75) is 50.9 Å². The fraction of sp³-hybridized carbons (Fsp3) is 0.524. The Morgan fingerprint density at radius 2 is 1.39 bits per heavy atom. The van der Waals surface area contributed by atoms with Gasteiger partial charge in [-0.3, -0.25) is 14.4 Å². The van der Waals surface area contributed by atoms with Crippen LogP contribution in [-0.2, 0) is 25.6 Å². The first-order valence-corrected chi connectivity index (χ1v) is 11.7. The number of carbonyl (C=O) groups excluding carboxylic acids is 3. The molecule has 0 aliphatic carbocycles. The zero-order valence-corrected chi connectivity index (χ0v) is 20.3. The van der Waals surface area contributed by atoms with E-state index in [4.69, 9.17) is 5.73 Å². The Hall–Kier alpha value is -2.44. The van der Waals surface area contributed by atoms with Crippen LogP contribution in [0.4, 0.5) is 0 Å². The van der Waals surface area contributed by atoms with Crippen LogP contribution >= 0.6 is 25.3 Å². The number of hydrogen-bond donors (Lipinski definition) is 8. The molecule has 12 heteroatoms. The first kappa shape index (κ1) is 28.6. The molecule has 0 heterocycles. The summed E-state index contributed by atoms with van der Waals surface area (Å²) in [5.74, 6) is -3.47. The second-order valence-corrected chi connectivity index (χ2v) is 8.40. The van der Waals surface area contributed by atoms with Crippen LogP contribution in [-0.4, -0.2) is 69.6 Å². The molecule has 0 aromatic heterocycles. The summed E-state index contributed by atoms with van der Waals surface area (Å²) < 4.78 is 0. The predicted molar refractivity (Wildman–Crippen MR) is 130 cm³/mol. The smallest absolute Gasteiger partial charge is 0.327 e. The zero-order chi connectivity index (χ0) is 25.1. The van der Waals surface area contributed by atoms with Crippen LogP contribution in [0.2, 0.25) is 0 Å². The summed E-state index contributed by atoms with van der Waals surface area (Å²) in [6.07, 6.45) is 0.688. The molecule has 1 aromatic rings. The Balaban J connectivity index is 3.02. The van der Waals surface area contributed by atoms with Gasteiger partial charge in [0, 0.05) is 17.9 Å². The molecule has 0 radical (unpaired) electrons. The van der Waals surface area contributed by atoms with Gasteiger partial charge in [0.15, 0.2) is 0 Å². The van der Waals surface area contributed by atoms with Crippen molar-refractivity contribution in [3.8, 4) is 5.75 Å². The number of aliphatic carboxylic acids is 1. The van der Waals surface area contributed by atoms with Crippen molar-refractivity contribution in [3.63, 3.8) is 0 Å². The molecule has 7 N–H and O–H groups in total. The molecule has 0 saturated carbocycles. The van der Waals surface area contributed by atoms with E-state index in [0.717, 1.165) is 0 Å². The van der Waals surface area contributed by atoms with Gasteiger partial charge in [-0.1, -0.05) is 32.4 Å². The summed E-state index contributed by atoms with van der Waals surface area (Å²) in [4.78, 5) is 49.3. The number of thiol groups is 2. The van der Waals surface area contributed by atoms with Crippen molar-refractivity contribution in [1.29, 1.82) is 0 Å². The van der Waals surface area contributed by atoms with E-state index >= 15 is 0 Å². The number of nitrogens with two attached hydrogens (primary N) is 1. The van der Waals surface area contributed by atoms with Crippen LogP contribution in [0.1, 0.15) is 25.8 Å². The van der Waals surface area contributed by atoms with E-state index in [0.29, 0.717) is 12.0 Å². The van der Waals surface area contributed by atoms with Crippen LogP contribution in [0.5, 0.6) is 5.75 Å². The van der Waals surface area contributed by atoms with Gasteiger partial charge in [0.05, 0.1) is 6.04 Å². The fourth-order valence-electron chi connectivity index (χ4n) is 2.78. The monoisotopic (exact) mass is 500 g/mol. The molecule has 5 atom stereocenters. The van der Waals surface area contributed by atoms with Crippen molar-refractivity contribution in [2.24, 2.45) is 11.7 Å². The van der Waals surface area contributed by atoms with E-state index in [1.807, 2.05) is 13.8 Å². The van der Waals surface area contributed by atoms with Crippen molar-refractivity contribution >= 4 is 48.9 Å². The molecule has 0 fully saturated rings. The van der Waals surface area contributed by atoms with Gasteiger partial charge in [-0.15, -0.1) is 0 Å². The number of hydrogen-bond acceptors (Lipinski definition) is 8. The average molecular weight is 501 g/mol. The third-order valence-corrected chi connectivity index (χ3v) is 5.91. The Kier molecular flexibility index (Phi) is 12.1. The minimum absolute atomic E-state index is 0.0103. The lowest BCUT2D eigenvalue weighted by Gasteiger charge is -2.25. The number of carboxylic acid groups (broad SMARTS) is 1. The number of phenols is 1. The van der Waals surface area contributed by atoms with Gasteiger partial charge in [-0.05, 0) is 23.6 Å². The number of phenolic OH excluding ortho intramolecular Hbond substituents is 1. The molecular weight excluding hydrogens is 468 g/mol. The second-order valence-electron chi connectivity index (χ2n) is 7.67. The van der Waals surface area contributed by atoms with Crippen LogP contribution in [0.15, 0.2) is 24.3 Å². The van der Waals surface area contributed by atoms with E-state index in [1.165, 1.54) is 12.1 Å². The van der Waals surface area contributed by atoms with Gasteiger partial charge < -0.3 is 31.9 Å². The molecule has 184 valence electrons. The molecule has 1 rings (SSSR count). The Morgan fingerprint density at radius 3 is 1.88 bits per heavy atom. The van der Waals surface area contributed by atoms with Crippen LogP contribution < -0.4 is 21.7 Å². The van der Waals surface area contributed by atoms with E-state index in [1.54, 1.807) is 12.1 Å². The third-order valence-electron chi connectivity index (χ3n) is 5.18. The SMILES string of the molecule is CCC(C)C(N)C(=O)NC(CS)C(=O)NC(Cc1ccc(O)cc1)C(=O)NC(CS)C(=O)O. The van der Waals surface area contributed by atoms with Gasteiger partial charge in [-0.25, -0.2) is 4.79 Å². The van der Waals surface area contributed by atoms with Crippen molar-refractivity contribution in [1.82, 2.24) is 16.0 Å². The first-order chi connectivity index (χ1) is 15.5. The summed E-state index contributed by atoms with van der Waals surface area (Å²) in [5.41, 5.74) is 6.53. The lowest BCUT2D eigenvalue weighted by atomic mass is 9.99. The van der Waals surface area contributed by atoms with Gasteiger partial charge in [0.25, 0.3) is 0 Å². The molecular formula is C21H32N4O6S2. The normalized spacial score (nSPS) is 15.4. The average Bonchev–Trinajstić information content (AvgIpc) is 2.79. The van der Waals surface area contributed by atoms with Crippen LogP contribution in [0.3, 0.4) is 0 Å². The Labute approximate surface area is 203 Å². The van der Waals surface area contributed by atoms with Crippen molar-refractivity contribution in [3.05, 3.63) is 29.8 Å². The molecule has 0 aliphatic rings. The summed E-state index contributed by atoms with van der Waals surface area (Å²) in [6.45, 7) is 3.71. The molecule has 0 saturated heterocycles. The van der Waals surface area contributed by atoms with Crippen LogP contribution in [0, 0.1) is 5.92 Å². The lowest BCUT2D eigenvalue weighted by Crippen LogP contribution is -2.58. The second kappa shape index (κ2) is 14.0. The number of carbonyl (C=O) groups is 4. The quantitative estimate of drug-likeness (QED) is 0.172. The number of benzene rings is 1. The highest BCUT2D eigenvalue weighted by Crippen LogP contribution is 2.12. The van der Waals surface area contributed by atoms with E-state index in [-0.39, 0.29) is 29.6 Å². The molecule has 5 unspecified atom stereocenters. The molecule has 0 aliphatic heterocycles. The zero-order valence-electron chi connectivity index (χ0n) is 18.5. The summed E-state index contributed by atoms with van der Waals surface area (Å²) >= 11 is 8.05.